The highest BCUT2D eigenvalue weighted by molar-refractivity contribution is 6.00. The quantitative estimate of drug-likeness (QED) is 0.529. The van der Waals surface area contributed by atoms with Crippen molar-refractivity contribution in [1.82, 2.24) is 0 Å². The van der Waals surface area contributed by atoms with E-state index in [4.69, 9.17) is 29.1 Å². The molecule has 3 atom stereocenters. The van der Waals surface area contributed by atoms with Gasteiger partial charge in [0.1, 0.15) is 23.2 Å². The third kappa shape index (κ3) is 5.50. The highest BCUT2D eigenvalue weighted by Gasteiger charge is 2.43. The van der Waals surface area contributed by atoms with Crippen molar-refractivity contribution in [2.24, 2.45) is 5.92 Å². The van der Waals surface area contributed by atoms with Crippen molar-refractivity contribution >= 4 is 17.8 Å². The number of hydrogen-bond donors (Lipinski definition) is 1. The van der Waals surface area contributed by atoms with Gasteiger partial charge >= 0.3 is 11.9 Å². The number of benzene rings is 2. The van der Waals surface area contributed by atoms with E-state index in [2.05, 4.69) is 0 Å². The minimum absolute atomic E-state index is 0.0859. The summed E-state index contributed by atoms with van der Waals surface area (Å²) in [6, 6.07) is 11.0. The van der Waals surface area contributed by atoms with Gasteiger partial charge in [-0.05, 0) is 55.7 Å². The van der Waals surface area contributed by atoms with E-state index in [0.29, 0.717) is 29.2 Å². The Kier molecular flexibility index (Phi) is 8.15. The Hall–Kier alpha value is -3.55. The van der Waals surface area contributed by atoms with Crippen molar-refractivity contribution in [1.29, 1.82) is 5.41 Å². The fraction of sp³-hybridized carbons (Fsp3) is 0.423. The summed E-state index contributed by atoms with van der Waals surface area (Å²) in [5.74, 6) is -1.33. The van der Waals surface area contributed by atoms with E-state index < -0.39 is 23.8 Å². The maximum atomic E-state index is 12.8. The molecule has 0 saturated heterocycles. The first-order valence-electron chi connectivity index (χ1n) is 11.3. The number of methoxy groups -OCH3 is 2. The molecule has 1 aliphatic rings. The average Bonchev–Trinajstić information content (AvgIpc) is 2.83. The Labute approximate surface area is 199 Å². The van der Waals surface area contributed by atoms with Crippen molar-refractivity contribution in [2.45, 2.75) is 45.6 Å². The molecule has 1 heterocycles. The van der Waals surface area contributed by atoms with E-state index >= 15 is 0 Å². The zero-order valence-corrected chi connectivity index (χ0v) is 20.2. The van der Waals surface area contributed by atoms with Gasteiger partial charge in [0.25, 0.3) is 0 Å². The van der Waals surface area contributed by atoms with Gasteiger partial charge < -0.3 is 23.7 Å². The molecule has 0 bridgehead atoms. The minimum atomic E-state index is -1.05. The van der Waals surface area contributed by atoms with Crippen LogP contribution in [0.5, 0.6) is 17.2 Å². The number of carbonyl (C=O) groups excluding carboxylic acids is 2. The van der Waals surface area contributed by atoms with Gasteiger partial charge in [0, 0.05) is 17.5 Å². The van der Waals surface area contributed by atoms with Crippen LogP contribution in [0, 0.1) is 11.3 Å². The van der Waals surface area contributed by atoms with Gasteiger partial charge in [-0.2, -0.15) is 0 Å². The molecular formula is C26H31NO7. The monoisotopic (exact) mass is 469 g/mol. The third-order valence-corrected chi connectivity index (χ3v) is 5.83. The van der Waals surface area contributed by atoms with Gasteiger partial charge in [0.2, 0.25) is 5.90 Å². The van der Waals surface area contributed by atoms with Crippen LogP contribution < -0.4 is 14.2 Å². The third-order valence-electron chi connectivity index (χ3n) is 5.83. The number of fused-ring (bicyclic) bond motifs is 1. The Bertz CT molecular complexity index is 1040. The Morgan fingerprint density at radius 3 is 2.29 bits per heavy atom. The largest absolute Gasteiger partial charge is 0.497 e. The molecule has 3 rings (SSSR count). The number of hydrogen-bond acceptors (Lipinski definition) is 8. The van der Waals surface area contributed by atoms with E-state index in [0.717, 1.165) is 11.1 Å². The summed E-state index contributed by atoms with van der Waals surface area (Å²) < 4.78 is 27.2. The molecule has 1 unspecified atom stereocenters. The van der Waals surface area contributed by atoms with Crippen molar-refractivity contribution in [2.75, 3.05) is 20.8 Å². The molecule has 1 aliphatic heterocycles. The molecule has 1 N–H and O–H groups in total. The first-order chi connectivity index (χ1) is 16.3. The molecule has 8 heteroatoms. The van der Waals surface area contributed by atoms with Crippen LogP contribution in [0.2, 0.25) is 0 Å². The van der Waals surface area contributed by atoms with E-state index in [1.165, 1.54) is 0 Å². The lowest BCUT2D eigenvalue weighted by Gasteiger charge is -2.32. The van der Waals surface area contributed by atoms with Gasteiger partial charge in [-0.25, -0.2) is 0 Å². The molecule has 8 nitrogen and oxygen atoms in total. The second-order valence-electron chi connectivity index (χ2n) is 8.07. The zero-order valence-electron chi connectivity index (χ0n) is 20.2. The molecule has 182 valence electrons. The molecule has 34 heavy (non-hydrogen) atoms. The molecule has 0 spiro atoms. The number of ether oxygens (including phenoxy) is 5. The van der Waals surface area contributed by atoms with Crippen LogP contribution in [0.4, 0.5) is 0 Å². The SMILES string of the molecule is CCOC(=O)C1C(=N)Oc2ccc(-c3cc(OC)cc(OC)c3)cc2[C@@H]1CC(=O)O[C@H](C)CC. The van der Waals surface area contributed by atoms with Crippen LogP contribution in [-0.4, -0.2) is 44.8 Å². The van der Waals surface area contributed by atoms with Gasteiger partial charge in [-0.1, -0.05) is 13.0 Å². The van der Waals surface area contributed by atoms with Gasteiger partial charge in [-0.15, -0.1) is 0 Å². The number of esters is 2. The molecule has 0 aliphatic carbocycles. The molecule has 0 radical (unpaired) electrons. The molecule has 2 aromatic rings. The van der Waals surface area contributed by atoms with Crippen LogP contribution in [0.15, 0.2) is 36.4 Å². The number of rotatable bonds is 9. The predicted molar refractivity (Wildman–Crippen MR) is 127 cm³/mol. The first-order valence-corrected chi connectivity index (χ1v) is 11.3. The van der Waals surface area contributed by atoms with E-state index in [9.17, 15) is 9.59 Å². The molecule has 0 aromatic heterocycles. The lowest BCUT2D eigenvalue weighted by atomic mass is 9.80. The molecule has 0 amide bonds. The topological polar surface area (TPSA) is 104 Å². The second-order valence-corrected chi connectivity index (χ2v) is 8.07. The summed E-state index contributed by atoms with van der Waals surface area (Å²) in [6.07, 6.45) is 0.342. The van der Waals surface area contributed by atoms with E-state index in [1.54, 1.807) is 33.3 Å². The summed E-state index contributed by atoms with van der Waals surface area (Å²) >= 11 is 0. The number of carbonyl (C=O) groups is 2. The summed E-state index contributed by atoms with van der Waals surface area (Å²) in [5.41, 5.74) is 2.28. The van der Waals surface area contributed by atoms with Crippen molar-refractivity contribution < 1.29 is 33.3 Å². The Morgan fingerprint density at radius 1 is 1.03 bits per heavy atom. The van der Waals surface area contributed by atoms with Crippen LogP contribution in [-0.2, 0) is 19.1 Å². The average molecular weight is 470 g/mol. The summed E-state index contributed by atoms with van der Waals surface area (Å²) in [4.78, 5) is 25.5. The van der Waals surface area contributed by atoms with Crippen LogP contribution in [0.1, 0.15) is 45.1 Å². The molecular weight excluding hydrogens is 438 g/mol. The smallest absolute Gasteiger partial charge is 0.319 e. The fourth-order valence-electron chi connectivity index (χ4n) is 3.90. The molecule has 0 fully saturated rings. The van der Waals surface area contributed by atoms with E-state index in [-0.39, 0.29) is 25.0 Å². The Balaban J connectivity index is 2.07. The standard InChI is InChI=1S/C26H31NO7/c1-6-15(3)33-23(28)14-21-20-12-16(17-10-18(30-4)13-19(11-17)31-5)8-9-22(20)34-25(27)24(21)26(29)32-7-2/h8-13,15,21,24,27H,6-7,14H2,1-5H3/t15-,21+,24?/m1/s1. The van der Waals surface area contributed by atoms with Gasteiger partial charge in [0.05, 0.1) is 33.4 Å². The maximum absolute atomic E-state index is 12.8. The highest BCUT2D eigenvalue weighted by Crippen LogP contribution is 2.43. The van der Waals surface area contributed by atoms with Crippen molar-refractivity contribution in [3.63, 3.8) is 0 Å². The molecule has 2 aromatic carbocycles. The van der Waals surface area contributed by atoms with Crippen molar-refractivity contribution in [3.05, 3.63) is 42.0 Å². The van der Waals surface area contributed by atoms with Crippen molar-refractivity contribution in [3.8, 4) is 28.4 Å². The first kappa shape index (κ1) is 25.1. The zero-order chi connectivity index (χ0) is 24.8. The predicted octanol–water partition coefficient (Wildman–Crippen LogP) is 4.74. The summed E-state index contributed by atoms with van der Waals surface area (Å²) in [6.45, 7) is 5.59. The fourth-order valence-corrected chi connectivity index (χ4v) is 3.90. The lowest BCUT2D eigenvalue weighted by molar-refractivity contribution is -0.150. The van der Waals surface area contributed by atoms with E-state index in [1.807, 2.05) is 38.1 Å². The summed E-state index contributed by atoms with van der Waals surface area (Å²) in [5, 5.41) is 8.35. The van der Waals surface area contributed by atoms with Crippen LogP contribution in [0.3, 0.4) is 0 Å². The van der Waals surface area contributed by atoms with Gasteiger partial charge in [-0.3, -0.25) is 15.0 Å². The van der Waals surface area contributed by atoms with Gasteiger partial charge in [0.15, 0.2) is 0 Å². The lowest BCUT2D eigenvalue weighted by Crippen LogP contribution is -2.39. The van der Waals surface area contributed by atoms with Crippen LogP contribution in [0.25, 0.3) is 11.1 Å². The highest BCUT2D eigenvalue weighted by atomic mass is 16.5. The minimum Gasteiger partial charge on any atom is -0.497 e. The Morgan fingerprint density at radius 2 is 1.71 bits per heavy atom. The molecule has 0 saturated carbocycles. The van der Waals surface area contributed by atoms with Crippen LogP contribution >= 0.6 is 0 Å². The normalized spacial score (nSPS) is 17.7. The number of nitrogens with one attached hydrogen (secondary N) is 1. The summed E-state index contributed by atoms with van der Waals surface area (Å²) in [7, 11) is 3.15. The second kappa shape index (κ2) is 11.0. The maximum Gasteiger partial charge on any atom is 0.319 e.